The third-order valence-corrected chi connectivity index (χ3v) is 6.34. The SMILES string of the molecule is COc1ccc([C@H]2c3cccn3-c3ccccc3CN2C(=O)Nc2ccc(C)cc2Cl)cc1. The van der Waals surface area contributed by atoms with Crippen LogP contribution in [0, 0.1) is 6.92 Å². The number of nitrogens with zero attached hydrogens (tertiary/aromatic N) is 2. The summed E-state index contributed by atoms with van der Waals surface area (Å²) in [6.45, 7) is 2.42. The van der Waals surface area contributed by atoms with Crippen LogP contribution >= 0.6 is 11.6 Å². The Bertz CT molecular complexity index is 1310. The summed E-state index contributed by atoms with van der Waals surface area (Å²) >= 11 is 6.42. The van der Waals surface area contributed by atoms with Gasteiger partial charge in [-0.2, -0.15) is 0 Å². The first-order valence-corrected chi connectivity index (χ1v) is 11.2. The molecule has 5 rings (SSSR count). The fourth-order valence-electron chi connectivity index (χ4n) is 4.38. The van der Waals surface area contributed by atoms with Crippen LogP contribution in [0.1, 0.15) is 28.4 Å². The molecule has 0 spiro atoms. The minimum atomic E-state index is -0.303. The Morgan fingerprint density at radius 1 is 1.03 bits per heavy atom. The molecule has 0 saturated heterocycles. The summed E-state index contributed by atoms with van der Waals surface area (Å²) in [6, 6.07) is 25.2. The van der Waals surface area contributed by atoms with Crippen LogP contribution in [0.4, 0.5) is 10.5 Å². The lowest BCUT2D eigenvalue weighted by Gasteiger charge is -2.31. The zero-order chi connectivity index (χ0) is 22.9. The minimum absolute atomic E-state index is 0.217. The Morgan fingerprint density at radius 3 is 2.58 bits per heavy atom. The summed E-state index contributed by atoms with van der Waals surface area (Å²) in [5.41, 5.74) is 5.77. The van der Waals surface area contributed by atoms with Crippen molar-refractivity contribution in [2.24, 2.45) is 0 Å². The molecule has 4 aromatic rings. The highest BCUT2D eigenvalue weighted by Gasteiger charge is 2.33. The largest absolute Gasteiger partial charge is 0.497 e. The van der Waals surface area contributed by atoms with Gasteiger partial charge in [0.05, 0.1) is 36.1 Å². The van der Waals surface area contributed by atoms with Crippen LogP contribution in [0.2, 0.25) is 5.02 Å². The normalized spacial score (nSPS) is 14.8. The number of aryl methyl sites for hydroxylation is 1. The number of ether oxygens (including phenoxy) is 1. The maximum absolute atomic E-state index is 13.7. The van der Waals surface area contributed by atoms with Crippen LogP contribution in [0.25, 0.3) is 5.69 Å². The van der Waals surface area contributed by atoms with Gasteiger partial charge in [0.1, 0.15) is 5.75 Å². The first kappa shape index (κ1) is 21.2. The summed E-state index contributed by atoms with van der Waals surface area (Å²) in [6.07, 6.45) is 2.04. The molecule has 0 bridgehead atoms. The van der Waals surface area contributed by atoms with E-state index in [9.17, 15) is 4.79 Å². The first-order valence-electron chi connectivity index (χ1n) is 10.8. The number of methoxy groups -OCH3 is 1. The van der Waals surface area contributed by atoms with Crippen molar-refractivity contribution in [3.8, 4) is 11.4 Å². The third-order valence-electron chi connectivity index (χ3n) is 6.02. The number of benzene rings is 3. The molecule has 1 aromatic heterocycles. The summed E-state index contributed by atoms with van der Waals surface area (Å²) in [5.74, 6) is 0.772. The monoisotopic (exact) mass is 457 g/mol. The number of para-hydroxylation sites is 1. The molecule has 3 aromatic carbocycles. The van der Waals surface area contributed by atoms with Gasteiger partial charge in [0.15, 0.2) is 0 Å². The molecule has 1 N–H and O–H groups in total. The number of carbonyl (C=O) groups excluding carboxylic acids is 1. The lowest BCUT2D eigenvalue weighted by atomic mass is 10.0. The van der Waals surface area contributed by atoms with Crippen LogP contribution in [-0.4, -0.2) is 22.6 Å². The van der Waals surface area contributed by atoms with Crippen LogP contribution in [-0.2, 0) is 6.54 Å². The van der Waals surface area contributed by atoms with Gasteiger partial charge in [-0.15, -0.1) is 0 Å². The smallest absolute Gasteiger partial charge is 0.323 e. The maximum atomic E-state index is 13.7. The molecule has 0 aliphatic carbocycles. The van der Waals surface area contributed by atoms with Crippen LogP contribution in [0.15, 0.2) is 85.1 Å². The van der Waals surface area contributed by atoms with Crippen molar-refractivity contribution >= 4 is 23.3 Å². The molecule has 0 radical (unpaired) electrons. The summed E-state index contributed by atoms with van der Waals surface area (Å²) in [7, 11) is 1.65. The van der Waals surface area contributed by atoms with Crippen molar-refractivity contribution < 1.29 is 9.53 Å². The highest BCUT2D eigenvalue weighted by Crippen LogP contribution is 2.37. The second-order valence-electron chi connectivity index (χ2n) is 8.15. The van der Waals surface area contributed by atoms with Crippen molar-refractivity contribution in [1.29, 1.82) is 0 Å². The quantitative estimate of drug-likeness (QED) is 0.377. The van der Waals surface area contributed by atoms with Crippen LogP contribution < -0.4 is 10.1 Å². The van der Waals surface area contributed by atoms with E-state index in [1.54, 1.807) is 7.11 Å². The fraction of sp³-hybridized carbons (Fsp3) is 0.148. The van der Waals surface area contributed by atoms with Gasteiger partial charge in [-0.25, -0.2) is 4.79 Å². The van der Waals surface area contributed by atoms with Crippen molar-refractivity contribution in [2.75, 3.05) is 12.4 Å². The van der Waals surface area contributed by atoms with Gasteiger partial charge in [-0.1, -0.05) is 48.0 Å². The van der Waals surface area contributed by atoms with Gasteiger partial charge in [-0.05, 0) is 66.1 Å². The van der Waals surface area contributed by atoms with Crippen LogP contribution in [0.5, 0.6) is 5.75 Å². The van der Waals surface area contributed by atoms with E-state index >= 15 is 0 Å². The van der Waals surface area contributed by atoms with Crippen LogP contribution in [0.3, 0.4) is 0 Å². The standard InChI is InChI=1S/C27H24ClN3O2/c1-18-9-14-23(22(28)16-18)29-27(32)31-17-20-6-3-4-7-24(20)30-15-5-8-25(30)26(31)19-10-12-21(33-2)13-11-19/h3-16,26H,17H2,1-2H3,(H,29,32)/t26-/m0/s1. The number of urea groups is 1. The Morgan fingerprint density at radius 2 is 1.82 bits per heavy atom. The zero-order valence-electron chi connectivity index (χ0n) is 18.5. The lowest BCUT2D eigenvalue weighted by molar-refractivity contribution is 0.194. The van der Waals surface area contributed by atoms with Gasteiger partial charge in [0.2, 0.25) is 0 Å². The van der Waals surface area contributed by atoms with Crippen molar-refractivity contribution in [1.82, 2.24) is 9.47 Å². The number of rotatable bonds is 3. The lowest BCUT2D eigenvalue weighted by Crippen LogP contribution is -2.38. The third kappa shape index (κ3) is 3.96. The zero-order valence-corrected chi connectivity index (χ0v) is 19.2. The number of hydrogen-bond acceptors (Lipinski definition) is 2. The number of fused-ring (bicyclic) bond motifs is 3. The molecule has 2 amide bonds. The van der Waals surface area contributed by atoms with Gasteiger partial charge in [0, 0.05) is 11.9 Å². The summed E-state index contributed by atoms with van der Waals surface area (Å²) < 4.78 is 7.51. The number of nitrogens with one attached hydrogen (secondary N) is 1. The molecular weight excluding hydrogens is 434 g/mol. The summed E-state index contributed by atoms with van der Waals surface area (Å²) in [4.78, 5) is 15.6. The second kappa shape index (κ2) is 8.68. The maximum Gasteiger partial charge on any atom is 0.323 e. The fourth-order valence-corrected chi connectivity index (χ4v) is 4.67. The average Bonchev–Trinajstić information content (AvgIpc) is 3.25. The number of anilines is 1. The number of aromatic nitrogens is 1. The molecule has 0 fully saturated rings. The molecule has 0 saturated carbocycles. The molecule has 166 valence electrons. The van der Waals surface area contributed by atoms with Crippen molar-refractivity contribution in [3.63, 3.8) is 0 Å². The topological polar surface area (TPSA) is 46.5 Å². The van der Waals surface area contributed by atoms with Gasteiger partial charge < -0.3 is 19.5 Å². The van der Waals surface area contributed by atoms with E-state index in [0.717, 1.165) is 33.8 Å². The number of halogens is 1. The number of hydrogen-bond donors (Lipinski definition) is 1. The molecule has 33 heavy (non-hydrogen) atoms. The number of carbonyl (C=O) groups is 1. The van der Waals surface area contributed by atoms with Crippen molar-refractivity contribution in [3.05, 3.63) is 112 Å². The van der Waals surface area contributed by atoms with E-state index in [4.69, 9.17) is 16.3 Å². The Hall–Kier alpha value is -3.70. The predicted molar refractivity (Wildman–Crippen MR) is 131 cm³/mol. The van der Waals surface area contributed by atoms with Gasteiger partial charge in [-0.3, -0.25) is 0 Å². The van der Waals surface area contributed by atoms with E-state index in [-0.39, 0.29) is 12.1 Å². The van der Waals surface area contributed by atoms with E-state index in [1.165, 1.54) is 0 Å². The molecule has 1 atom stereocenters. The molecule has 0 unspecified atom stereocenters. The van der Waals surface area contributed by atoms with Gasteiger partial charge in [0.25, 0.3) is 0 Å². The van der Waals surface area contributed by atoms with E-state index < -0.39 is 0 Å². The molecular formula is C27H24ClN3O2. The highest BCUT2D eigenvalue weighted by molar-refractivity contribution is 6.33. The first-order chi connectivity index (χ1) is 16.0. The Labute approximate surface area is 198 Å². The molecule has 6 heteroatoms. The highest BCUT2D eigenvalue weighted by atomic mass is 35.5. The predicted octanol–water partition coefficient (Wildman–Crippen LogP) is 6.58. The Kier molecular flexibility index (Phi) is 5.56. The molecule has 1 aliphatic rings. The second-order valence-corrected chi connectivity index (χ2v) is 8.56. The summed E-state index contributed by atoms with van der Waals surface area (Å²) in [5, 5.41) is 3.55. The molecule has 2 heterocycles. The number of amides is 2. The van der Waals surface area contributed by atoms with Gasteiger partial charge >= 0.3 is 6.03 Å². The molecule has 5 nitrogen and oxygen atoms in total. The Balaban J connectivity index is 1.62. The minimum Gasteiger partial charge on any atom is -0.497 e. The average molecular weight is 458 g/mol. The van der Waals surface area contributed by atoms with Crippen molar-refractivity contribution in [2.45, 2.75) is 19.5 Å². The van der Waals surface area contributed by atoms with E-state index in [1.807, 2.05) is 78.7 Å². The van der Waals surface area contributed by atoms with E-state index in [0.29, 0.717) is 17.3 Å². The molecule has 1 aliphatic heterocycles. The van der Waals surface area contributed by atoms with E-state index in [2.05, 4.69) is 28.1 Å².